The number of nitrogens with zero attached hydrogens (tertiary/aromatic N) is 1. The van der Waals surface area contributed by atoms with Crippen molar-refractivity contribution in [3.8, 4) is 0 Å². The lowest BCUT2D eigenvalue weighted by Crippen LogP contribution is -2.42. The van der Waals surface area contributed by atoms with Crippen LogP contribution in [0.25, 0.3) is 0 Å². The Morgan fingerprint density at radius 1 is 1.47 bits per heavy atom. The zero-order chi connectivity index (χ0) is 14.6. The highest BCUT2D eigenvalue weighted by atomic mass is 35.5. The highest BCUT2D eigenvalue weighted by molar-refractivity contribution is 7.98. The van der Waals surface area contributed by atoms with Gasteiger partial charge in [-0.15, -0.1) is 11.8 Å². The fourth-order valence-corrected chi connectivity index (χ4v) is 2.38. The maximum Gasteiger partial charge on any atom is 0.326 e. The second-order valence-electron chi connectivity index (χ2n) is 4.02. The monoisotopic (exact) mass is 301 g/mol. The Morgan fingerprint density at radius 2 is 2.11 bits per heavy atom. The molecule has 0 spiro atoms. The van der Waals surface area contributed by atoms with Crippen LogP contribution < -0.4 is 0 Å². The second kappa shape index (κ2) is 6.82. The molecule has 0 bridgehead atoms. The van der Waals surface area contributed by atoms with Crippen molar-refractivity contribution in [2.75, 3.05) is 13.3 Å². The van der Waals surface area contributed by atoms with Gasteiger partial charge in [0.25, 0.3) is 5.91 Å². The summed E-state index contributed by atoms with van der Waals surface area (Å²) in [6.45, 7) is 1.72. The van der Waals surface area contributed by atoms with Gasteiger partial charge in [0.05, 0.1) is 10.6 Å². The number of carbonyl (C=O) groups excluding carboxylic acids is 1. The Labute approximate surface area is 121 Å². The molecule has 104 valence electrons. The van der Waals surface area contributed by atoms with Gasteiger partial charge in [-0.05, 0) is 30.9 Å². The van der Waals surface area contributed by atoms with Crippen molar-refractivity contribution in [1.82, 2.24) is 4.90 Å². The van der Waals surface area contributed by atoms with E-state index in [0.717, 1.165) is 4.90 Å². The largest absolute Gasteiger partial charge is 0.480 e. The molecule has 1 aromatic rings. The lowest BCUT2D eigenvalue weighted by atomic mass is 10.1. The molecule has 1 unspecified atom stereocenters. The minimum atomic E-state index is -1.02. The van der Waals surface area contributed by atoms with Crippen molar-refractivity contribution >= 4 is 35.2 Å². The summed E-state index contributed by atoms with van der Waals surface area (Å²) >= 11 is 7.51. The van der Waals surface area contributed by atoms with Crippen LogP contribution in [-0.4, -0.2) is 41.2 Å². The number of benzene rings is 1. The number of carbonyl (C=O) groups is 2. The summed E-state index contributed by atoms with van der Waals surface area (Å²) in [6.07, 6.45) is 2.24. The molecule has 0 aliphatic rings. The van der Waals surface area contributed by atoms with Crippen LogP contribution >= 0.6 is 23.4 Å². The molecule has 19 heavy (non-hydrogen) atoms. The SMILES string of the molecule is CCC(C(=O)O)N(C)C(=O)c1cc(SC)ccc1Cl. The van der Waals surface area contributed by atoms with Crippen LogP contribution in [0.15, 0.2) is 23.1 Å². The molecule has 0 radical (unpaired) electrons. The molecular weight excluding hydrogens is 286 g/mol. The molecule has 0 saturated heterocycles. The molecule has 1 amide bonds. The Hall–Kier alpha value is -1.20. The third kappa shape index (κ3) is 3.64. The minimum Gasteiger partial charge on any atom is -0.480 e. The minimum absolute atomic E-state index is 0.329. The number of aliphatic carboxylic acids is 1. The van der Waals surface area contributed by atoms with Crippen molar-refractivity contribution in [2.45, 2.75) is 24.3 Å². The predicted molar refractivity (Wildman–Crippen MR) is 77.0 cm³/mol. The van der Waals surface area contributed by atoms with Gasteiger partial charge in [-0.2, -0.15) is 0 Å². The van der Waals surface area contributed by atoms with E-state index >= 15 is 0 Å². The van der Waals surface area contributed by atoms with Gasteiger partial charge < -0.3 is 10.0 Å². The van der Waals surface area contributed by atoms with Crippen LogP contribution in [-0.2, 0) is 4.79 Å². The zero-order valence-corrected chi connectivity index (χ0v) is 12.6. The topological polar surface area (TPSA) is 57.6 Å². The van der Waals surface area contributed by atoms with Gasteiger partial charge in [0, 0.05) is 11.9 Å². The molecule has 0 aliphatic carbocycles. The number of amides is 1. The smallest absolute Gasteiger partial charge is 0.326 e. The second-order valence-corrected chi connectivity index (χ2v) is 5.31. The Kier molecular flexibility index (Phi) is 5.69. The van der Waals surface area contributed by atoms with E-state index in [0.29, 0.717) is 17.0 Å². The summed E-state index contributed by atoms with van der Waals surface area (Å²) in [4.78, 5) is 25.5. The van der Waals surface area contributed by atoms with Crippen LogP contribution in [0, 0.1) is 0 Å². The summed E-state index contributed by atoms with van der Waals surface area (Å²) in [5.74, 6) is -1.40. The third-order valence-corrected chi connectivity index (χ3v) is 3.92. The number of hydrogen-bond donors (Lipinski definition) is 1. The molecule has 0 saturated carbocycles. The number of halogens is 1. The van der Waals surface area contributed by atoms with E-state index in [1.165, 1.54) is 23.7 Å². The number of carboxylic acid groups (broad SMARTS) is 1. The summed E-state index contributed by atoms with van der Waals surface area (Å²) in [7, 11) is 1.48. The standard InChI is InChI=1S/C13H16ClNO3S/c1-4-11(13(17)18)15(2)12(16)9-7-8(19-3)5-6-10(9)14/h5-7,11H,4H2,1-3H3,(H,17,18). The van der Waals surface area contributed by atoms with E-state index < -0.39 is 12.0 Å². The molecule has 1 N–H and O–H groups in total. The summed E-state index contributed by atoms with van der Waals surface area (Å²) in [5.41, 5.74) is 0.329. The molecule has 0 fully saturated rings. The number of hydrogen-bond acceptors (Lipinski definition) is 3. The normalized spacial score (nSPS) is 12.0. The van der Waals surface area contributed by atoms with Crippen LogP contribution in [0.1, 0.15) is 23.7 Å². The number of likely N-dealkylation sites (N-methyl/N-ethyl adjacent to an activating group) is 1. The predicted octanol–water partition coefficient (Wildman–Crippen LogP) is 3.00. The average Bonchev–Trinajstić information content (AvgIpc) is 2.38. The number of rotatable bonds is 5. The average molecular weight is 302 g/mol. The highest BCUT2D eigenvalue weighted by Gasteiger charge is 2.26. The van der Waals surface area contributed by atoms with Gasteiger partial charge in [-0.25, -0.2) is 4.79 Å². The fraction of sp³-hybridized carbons (Fsp3) is 0.385. The first-order valence-electron chi connectivity index (χ1n) is 5.75. The van der Waals surface area contributed by atoms with E-state index in [2.05, 4.69) is 0 Å². The zero-order valence-electron chi connectivity index (χ0n) is 11.0. The van der Waals surface area contributed by atoms with Gasteiger partial charge in [0.1, 0.15) is 6.04 Å². The van der Waals surface area contributed by atoms with Crippen LogP contribution in [0.4, 0.5) is 0 Å². The molecule has 0 heterocycles. The first-order chi connectivity index (χ1) is 8.92. The quantitative estimate of drug-likeness (QED) is 0.849. The van der Waals surface area contributed by atoms with Crippen LogP contribution in [0.5, 0.6) is 0 Å². The molecular formula is C13H16ClNO3S. The lowest BCUT2D eigenvalue weighted by molar-refractivity contribution is -0.142. The van der Waals surface area contributed by atoms with Gasteiger partial charge in [0.15, 0.2) is 0 Å². The van der Waals surface area contributed by atoms with E-state index in [1.54, 1.807) is 19.1 Å². The van der Waals surface area contributed by atoms with Crippen molar-refractivity contribution in [2.24, 2.45) is 0 Å². The molecule has 1 atom stereocenters. The van der Waals surface area contributed by atoms with E-state index in [1.807, 2.05) is 12.3 Å². The number of carboxylic acids is 1. The maximum absolute atomic E-state index is 12.3. The van der Waals surface area contributed by atoms with E-state index in [-0.39, 0.29) is 5.91 Å². The molecule has 0 aromatic heterocycles. The molecule has 0 aliphatic heterocycles. The highest BCUT2D eigenvalue weighted by Crippen LogP contribution is 2.24. The van der Waals surface area contributed by atoms with Crippen molar-refractivity contribution < 1.29 is 14.7 Å². The van der Waals surface area contributed by atoms with E-state index in [9.17, 15) is 9.59 Å². The van der Waals surface area contributed by atoms with Gasteiger partial charge in [0.2, 0.25) is 0 Å². The fourth-order valence-electron chi connectivity index (χ4n) is 1.74. The summed E-state index contributed by atoms with van der Waals surface area (Å²) in [5, 5.41) is 9.41. The van der Waals surface area contributed by atoms with Gasteiger partial charge in [-0.1, -0.05) is 18.5 Å². The van der Waals surface area contributed by atoms with Gasteiger partial charge in [-0.3, -0.25) is 4.79 Å². The Morgan fingerprint density at radius 3 is 2.58 bits per heavy atom. The first kappa shape index (κ1) is 15.9. The maximum atomic E-state index is 12.3. The lowest BCUT2D eigenvalue weighted by Gasteiger charge is -2.24. The van der Waals surface area contributed by atoms with Crippen molar-refractivity contribution in [1.29, 1.82) is 0 Å². The number of thioether (sulfide) groups is 1. The van der Waals surface area contributed by atoms with Crippen LogP contribution in [0.3, 0.4) is 0 Å². The molecule has 4 nitrogen and oxygen atoms in total. The Bertz CT molecular complexity index is 493. The molecule has 6 heteroatoms. The summed E-state index contributed by atoms with van der Waals surface area (Å²) in [6, 6.07) is 4.30. The molecule has 1 aromatic carbocycles. The van der Waals surface area contributed by atoms with E-state index in [4.69, 9.17) is 16.7 Å². The van der Waals surface area contributed by atoms with Crippen LogP contribution in [0.2, 0.25) is 5.02 Å². The van der Waals surface area contributed by atoms with Crippen molar-refractivity contribution in [3.63, 3.8) is 0 Å². The first-order valence-corrected chi connectivity index (χ1v) is 7.36. The van der Waals surface area contributed by atoms with Gasteiger partial charge >= 0.3 is 5.97 Å². The molecule has 1 rings (SSSR count). The summed E-state index contributed by atoms with van der Waals surface area (Å²) < 4.78 is 0. The third-order valence-electron chi connectivity index (χ3n) is 2.86. The van der Waals surface area contributed by atoms with Crippen molar-refractivity contribution in [3.05, 3.63) is 28.8 Å². The Balaban J connectivity index is 3.08.